The average Bonchev–Trinajstić information content (AvgIpc) is 2.74. The summed E-state index contributed by atoms with van der Waals surface area (Å²) in [6.45, 7) is 3.59. The zero-order chi connectivity index (χ0) is 11.4. The molecule has 0 spiro atoms. The van der Waals surface area contributed by atoms with Crippen molar-refractivity contribution in [3.8, 4) is 11.4 Å². The Morgan fingerprint density at radius 3 is 2.81 bits per heavy atom. The molecule has 2 heterocycles. The molecule has 0 fully saturated rings. The van der Waals surface area contributed by atoms with E-state index in [1.165, 1.54) is 5.69 Å². The molecule has 0 amide bonds. The summed E-state index contributed by atoms with van der Waals surface area (Å²) in [6.07, 6.45) is 2.64. The lowest BCUT2D eigenvalue weighted by molar-refractivity contribution is 0.622. The monoisotopic (exact) mass is 216 g/mol. The first kappa shape index (κ1) is 10.8. The van der Waals surface area contributed by atoms with E-state index in [2.05, 4.69) is 23.1 Å². The van der Waals surface area contributed by atoms with E-state index in [0.717, 1.165) is 24.4 Å². The van der Waals surface area contributed by atoms with Gasteiger partial charge in [0.25, 0.3) is 0 Å². The Balaban J connectivity index is 2.36. The van der Waals surface area contributed by atoms with E-state index in [1.807, 2.05) is 22.9 Å². The van der Waals surface area contributed by atoms with Crippen molar-refractivity contribution in [1.82, 2.24) is 14.8 Å². The van der Waals surface area contributed by atoms with Gasteiger partial charge in [-0.1, -0.05) is 6.07 Å². The quantitative estimate of drug-likeness (QED) is 0.842. The SMILES string of the molecule is CCn1nc(-c2ccccn2)cc1CCN. The molecule has 16 heavy (non-hydrogen) atoms. The van der Waals surface area contributed by atoms with Crippen molar-refractivity contribution in [2.75, 3.05) is 6.54 Å². The van der Waals surface area contributed by atoms with Gasteiger partial charge in [0.05, 0.1) is 5.69 Å². The van der Waals surface area contributed by atoms with E-state index >= 15 is 0 Å². The zero-order valence-corrected chi connectivity index (χ0v) is 9.43. The molecule has 2 aromatic heterocycles. The second-order valence-electron chi connectivity index (χ2n) is 3.59. The Labute approximate surface area is 95.1 Å². The number of aromatic nitrogens is 3. The van der Waals surface area contributed by atoms with E-state index in [-0.39, 0.29) is 0 Å². The highest BCUT2D eigenvalue weighted by Gasteiger charge is 2.08. The van der Waals surface area contributed by atoms with Crippen LogP contribution < -0.4 is 5.73 Å². The van der Waals surface area contributed by atoms with Crippen LogP contribution in [0.4, 0.5) is 0 Å². The van der Waals surface area contributed by atoms with E-state index in [4.69, 9.17) is 5.73 Å². The van der Waals surface area contributed by atoms with Gasteiger partial charge in [-0.15, -0.1) is 0 Å². The normalized spacial score (nSPS) is 10.6. The van der Waals surface area contributed by atoms with Crippen molar-refractivity contribution in [3.05, 3.63) is 36.2 Å². The van der Waals surface area contributed by atoms with E-state index in [0.29, 0.717) is 6.54 Å². The molecule has 2 N–H and O–H groups in total. The Kier molecular flexibility index (Phi) is 3.31. The number of rotatable bonds is 4. The molecule has 84 valence electrons. The molecule has 0 aromatic carbocycles. The molecule has 0 aliphatic heterocycles. The summed E-state index contributed by atoms with van der Waals surface area (Å²) in [5.74, 6) is 0. The van der Waals surface area contributed by atoms with Crippen LogP contribution in [-0.4, -0.2) is 21.3 Å². The Hall–Kier alpha value is -1.68. The fraction of sp³-hybridized carbons (Fsp3) is 0.333. The second kappa shape index (κ2) is 4.90. The van der Waals surface area contributed by atoms with Crippen molar-refractivity contribution in [2.45, 2.75) is 19.9 Å². The van der Waals surface area contributed by atoms with E-state index in [9.17, 15) is 0 Å². The first-order valence-corrected chi connectivity index (χ1v) is 5.53. The van der Waals surface area contributed by atoms with Crippen molar-refractivity contribution in [1.29, 1.82) is 0 Å². The predicted octanol–water partition coefficient (Wildman–Crippen LogP) is 1.47. The number of nitrogens with two attached hydrogens (primary N) is 1. The molecule has 0 aliphatic rings. The maximum absolute atomic E-state index is 5.58. The third-order valence-electron chi connectivity index (χ3n) is 2.49. The van der Waals surface area contributed by atoms with Crippen molar-refractivity contribution in [2.24, 2.45) is 5.73 Å². The van der Waals surface area contributed by atoms with Gasteiger partial charge in [-0.25, -0.2) is 0 Å². The summed E-state index contributed by atoms with van der Waals surface area (Å²) in [7, 11) is 0. The standard InChI is InChI=1S/C12H16N4/c1-2-16-10(6-7-13)9-12(15-16)11-5-3-4-8-14-11/h3-5,8-9H,2,6-7,13H2,1H3. The first-order chi connectivity index (χ1) is 7.85. The minimum Gasteiger partial charge on any atom is -0.330 e. The van der Waals surface area contributed by atoms with Gasteiger partial charge in [0, 0.05) is 24.9 Å². The summed E-state index contributed by atoms with van der Waals surface area (Å²) in [5.41, 5.74) is 8.58. The molecule has 0 aliphatic carbocycles. The van der Waals surface area contributed by atoms with Gasteiger partial charge >= 0.3 is 0 Å². The van der Waals surface area contributed by atoms with Crippen molar-refractivity contribution < 1.29 is 0 Å². The molecule has 0 bridgehead atoms. The van der Waals surface area contributed by atoms with Gasteiger partial charge in [-0.05, 0) is 31.7 Å². The fourth-order valence-electron chi connectivity index (χ4n) is 1.72. The summed E-state index contributed by atoms with van der Waals surface area (Å²) in [6, 6.07) is 7.91. The predicted molar refractivity (Wildman–Crippen MR) is 63.9 cm³/mol. The minimum absolute atomic E-state index is 0.646. The summed E-state index contributed by atoms with van der Waals surface area (Å²) in [5, 5.41) is 4.52. The highest BCUT2D eigenvalue weighted by atomic mass is 15.3. The summed E-state index contributed by atoms with van der Waals surface area (Å²) >= 11 is 0. The average molecular weight is 216 g/mol. The van der Waals surface area contributed by atoms with Crippen LogP contribution in [0, 0.1) is 0 Å². The Bertz CT molecular complexity index is 447. The van der Waals surface area contributed by atoms with Crippen LogP contribution in [0.2, 0.25) is 0 Å². The molecule has 2 rings (SSSR count). The molecular weight excluding hydrogens is 200 g/mol. The van der Waals surface area contributed by atoms with Gasteiger partial charge < -0.3 is 5.73 Å². The molecule has 0 radical (unpaired) electrons. The van der Waals surface area contributed by atoms with E-state index in [1.54, 1.807) is 6.20 Å². The molecule has 4 nitrogen and oxygen atoms in total. The Morgan fingerprint density at radius 1 is 1.31 bits per heavy atom. The summed E-state index contributed by atoms with van der Waals surface area (Å²) in [4.78, 5) is 4.29. The number of aryl methyl sites for hydroxylation is 1. The largest absolute Gasteiger partial charge is 0.330 e. The molecule has 0 saturated carbocycles. The molecule has 0 saturated heterocycles. The topological polar surface area (TPSA) is 56.7 Å². The lowest BCUT2D eigenvalue weighted by Crippen LogP contribution is -2.08. The van der Waals surface area contributed by atoms with Gasteiger partial charge in [0.2, 0.25) is 0 Å². The van der Waals surface area contributed by atoms with Crippen LogP contribution in [0.3, 0.4) is 0 Å². The number of pyridine rings is 1. The first-order valence-electron chi connectivity index (χ1n) is 5.53. The van der Waals surface area contributed by atoms with Crippen LogP contribution in [0.1, 0.15) is 12.6 Å². The maximum atomic E-state index is 5.58. The van der Waals surface area contributed by atoms with Gasteiger partial charge in [-0.3, -0.25) is 9.67 Å². The summed E-state index contributed by atoms with van der Waals surface area (Å²) < 4.78 is 1.98. The fourth-order valence-corrected chi connectivity index (χ4v) is 1.72. The van der Waals surface area contributed by atoms with Gasteiger partial charge in [0.15, 0.2) is 0 Å². The highest BCUT2D eigenvalue weighted by molar-refractivity contribution is 5.53. The van der Waals surface area contributed by atoms with Crippen LogP contribution in [0.25, 0.3) is 11.4 Å². The molecular formula is C12H16N4. The van der Waals surface area contributed by atoms with E-state index < -0.39 is 0 Å². The van der Waals surface area contributed by atoms with Crippen LogP contribution in [0.15, 0.2) is 30.5 Å². The molecule has 2 aromatic rings. The molecule has 0 unspecified atom stereocenters. The van der Waals surface area contributed by atoms with Crippen LogP contribution in [-0.2, 0) is 13.0 Å². The minimum atomic E-state index is 0.646. The van der Waals surface area contributed by atoms with Crippen LogP contribution in [0.5, 0.6) is 0 Å². The smallest absolute Gasteiger partial charge is 0.111 e. The highest BCUT2D eigenvalue weighted by Crippen LogP contribution is 2.16. The number of nitrogens with zero attached hydrogens (tertiary/aromatic N) is 3. The second-order valence-corrected chi connectivity index (χ2v) is 3.59. The number of hydrogen-bond donors (Lipinski definition) is 1. The van der Waals surface area contributed by atoms with Crippen LogP contribution >= 0.6 is 0 Å². The van der Waals surface area contributed by atoms with Gasteiger partial charge in [-0.2, -0.15) is 5.10 Å². The lowest BCUT2D eigenvalue weighted by Gasteiger charge is -2.00. The van der Waals surface area contributed by atoms with Crippen molar-refractivity contribution >= 4 is 0 Å². The van der Waals surface area contributed by atoms with Gasteiger partial charge in [0.1, 0.15) is 5.69 Å². The maximum Gasteiger partial charge on any atom is 0.111 e. The molecule has 4 heteroatoms. The molecule has 0 atom stereocenters. The zero-order valence-electron chi connectivity index (χ0n) is 9.43. The third-order valence-corrected chi connectivity index (χ3v) is 2.49. The number of hydrogen-bond acceptors (Lipinski definition) is 3. The Morgan fingerprint density at radius 2 is 2.19 bits per heavy atom. The lowest BCUT2D eigenvalue weighted by atomic mass is 10.2. The van der Waals surface area contributed by atoms with Crippen molar-refractivity contribution in [3.63, 3.8) is 0 Å². The third kappa shape index (κ3) is 2.12.